The molecule has 16 heavy (non-hydrogen) atoms. The van der Waals surface area contributed by atoms with Crippen molar-refractivity contribution >= 4 is 5.78 Å². The Morgan fingerprint density at radius 2 is 1.69 bits per heavy atom. The molecule has 96 valence electrons. The van der Waals surface area contributed by atoms with Crippen LogP contribution in [0.5, 0.6) is 0 Å². The maximum Gasteiger partial charge on any atom is 0.136 e. The normalized spacial score (nSPS) is 12.5. The Morgan fingerprint density at radius 3 is 2.00 bits per heavy atom. The highest BCUT2D eigenvalue weighted by Gasteiger charge is 2.26. The predicted octanol–water partition coefficient (Wildman–Crippen LogP) is 3.36. The van der Waals surface area contributed by atoms with Gasteiger partial charge in [-0.15, -0.1) is 0 Å². The van der Waals surface area contributed by atoms with Crippen molar-refractivity contribution in [3.63, 3.8) is 0 Å². The molecule has 0 spiro atoms. The zero-order valence-corrected chi connectivity index (χ0v) is 12.0. The van der Waals surface area contributed by atoms with Crippen LogP contribution in [0.1, 0.15) is 54.4 Å². The van der Waals surface area contributed by atoms with E-state index in [9.17, 15) is 4.79 Å². The lowest BCUT2D eigenvalue weighted by Gasteiger charge is -2.32. The second-order valence-corrected chi connectivity index (χ2v) is 5.45. The molecule has 0 rings (SSSR count). The van der Waals surface area contributed by atoms with E-state index in [1.807, 2.05) is 13.8 Å². The van der Waals surface area contributed by atoms with E-state index in [1.165, 1.54) is 12.8 Å². The smallest absolute Gasteiger partial charge is 0.136 e. The van der Waals surface area contributed by atoms with E-state index in [-0.39, 0.29) is 11.2 Å². The number of nitrogens with zero attached hydrogens (tertiary/aromatic N) is 1. The summed E-state index contributed by atoms with van der Waals surface area (Å²) in [6, 6.07) is 0. The number of ketones is 1. The van der Waals surface area contributed by atoms with Gasteiger partial charge in [-0.05, 0) is 19.4 Å². The Morgan fingerprint density at radius 1 is 1.19 bits per heavy atom. The van der Waals surface area contributed by atoms with Crippen molar-refractivity contribution in [3.05, 3.63) is 0 Å². The van der Waals surface area contributed by atoms with Crippen LogP contribution in [0.3, 0.4) is 0 Å². The molecule has 0 bridgehead atoms. The van der Waals surface area contributed by atoms with E-state index in [1.54, 1.807) is 6.92 Å². The number of rotatable bonds is 8. The van der Waals surface area contributed by atoms with Crippen LogP contribution < -0.4 is 0 Å². The van der Waals surface area contributed by atoms with Crippen LogP contribution in [0.2, 0.25) is 0 Å². The molecule has 0 saturated carbocycles. The average Bonchev–Trinajstić information content (AvgIpc) is 2.23. The molecule has 0 aromatic heterocycles. The lowest BCUT2D eigenvalue weighted by molar-refractivity contribution is -0.125. The van der Waals surface area contributed by atoms with E-state index < -0.39 is 0 Å². The van der Waals surface area contributed by atoms with E-state index in [0.717, 1.165) is 25.6 Å². The lowest BCUT2D eigenvalue weighted by atomic mass is 9.88. The van der Waals surface area contributed by atoms with Crippen molar-refractivity contribution in [1.29, 1.82) is 0 Å². The molecule has 0 N–H and O–H groups in total. The third-order valence-corrected chi connectivity index (χ3v) is 3.69. The van der Waals surface area contributed by atoms with Gasteiger partial charge in [0.05, 0.1) is 0 Å². The number of Topliss-reactive ketones (excluding diaryl/α,β-unsaturated/α-hetero) is 1. The fourth-order valence-electron chi connectivity index (χ4n) is 1.89. The minimum absolute atomic E-state index is 0.206. The fraction of sp³-hybridized carbons (Fsp3) is 0.929. The summed E-state index contributed by atoms with van der Waals surface area (Å²) in [4.78, 5) is 13.9. The second-order valence-electron chi connectivity index (χ2n) is 5.45. The van der Waals surface area contributed by atoms with Crippen LogP contribution in [0.4, 0.5) is 0 Å². The maximum absolute atomic E-state index is 11.5. The first-order chi connectivity index (χ1) is 7.37. The quantitative estimate of drug-likeness (QED) is 0.634. The first-order valence-corrected chi connectivity index (χ1v) is 6.60. The van der Waals surface area contributed by atoms with Crippen LogP contribution in [0.25, 0.3) is 0 Å². The molecule has 2 nitrogen and oxygen atoms in total. The number of carbonyl (C=O) groups excluding carboxylic acids is 1. The van der Waals surface area contributed by atoms with E-state index >= 15 is 0 Å². The Balaban J connectivity index is 4.35. The monoisotopic (exact) mass is 227 g/mol. The third kappa shape index (κ3) is 5.11. The van der Waals surface area contributed by atoms with Crippen LogP contribution >= 0.6 is 0 Å². The zero-order chi connectivity index (χ0) is 12.8. The Bertz CT molecular complexity index is 207. The van der Waals surface area contributed by atoms with Crippen LogP contribution in [0, 0.1) is 11.3 Å². The van der Waals surface area contributed by atoms with Crippen LogP contribution in [0.15, 0.2) is 0 Å². The van der Waals surface area contributed by atoms with Gasteiger partial charge in [-0.1, -0.05) is 47.5 Å². The molecule has 0 radical (unpaired) electrons. The molecule has 0 aromatic carbocycles. The summed E-state index contributed by atoms with van der Waals surface area (Å²) in [5.41, 5.74) is -0.206. The largest absolute Gasteiger partial charge is 0.302 e. The predicted molar refractivity (Wildman–Crippen MR) is 70.6 cm³/mol. The first kappa shape index (κ1) is 15.6. The molecule has 0 atom stereocenters. The molecule has 0 heterocycles. The second kappa shape index (κ2) is 7.05. The van der Waals surface area contributed by atoms with Crippen LogP contribution in [-0.2, 0) is 4.79 Å². The molecule has 0 aliphatic heterocycles. The third-order valence-electron chi connectivity index (χ3n) is 3.69. The zero-order valence-electron chi connectivity index (χ0n) is 12.0. The van der Waals surface area contributed by atoms with Crippen molar-refractivity contribution in [3.8, 4) is 0 Å². The van der Waals surface area contributed by atoms with Gasteiger partial charge in [-0.25, -0.2) is 0 Å². The van der Waals surface area contributed by atoms with E-state index in [2.05, 4.69) is 25.7 Å². The molecule has 0 aromatic rings. The molecule has 0 saturated heterocycles. The van der Waals surface area contributed by atoms with E-state index in [4.69, 9.17) is 0 Å². The molecular weight excluding hydrogens is 198 g/mol. The van der Waals surface area contributed by atoms with Gasteiger partial charge in [0.2, 0.25) is 0 Å². The summed E-state index contributed by atoms with van der Waals surface area (Å²) in [5, 5.41) is 0. The summed E-state index contributed by atoms with van der Waals surface area (Å²) in [7, 11) is 0. The van der Waals surface area contributed by atoms with Gasteiger partial charge in [0.1, 0.15) is 5.78 Å². The molecular formula is C14H29NO. The summed E-state index contributed by atoms with van der Waals surface area (Å²) >= 11 is 0. The van der Waals surface area contributed by atoms with Gasteiger partial charge >= 0.3 is 0 Å². The fourth-order valence-corrected chi connectivity index (χ4v) is 1.89. The van der Waals surface area contributed by atoms with Crippen molar-refractivity contribution < 1.29 is 4.79 Å². The summed E-state index contributed by atoms with van der Waals surface area (Å²) in [6.07, 6.45) is 2.46. The SMILES string of the molecule is CCC(CC)CN(CC)CC(C)(C)C(C)=O. The lowest BCUT2D eigenvalue weighted by Crippen LogP contribution is -2.40. The summed E-state index contributed by atoms with van der Waals surface area (Å²) in [6.45, 7) is 15.5. The molecule has 0 unspecified atom stereocenters. The van der Waals surface area contributed by atoms with Gasteiger partial charge in [0.15, 0.2) is 0 Å². The van der Waals surface area contributed by atoms with Crippen molar-refractivity contribution in [1.82, 2.24) is 4.90 Å². The first-order valence-electron chi connectivity index (χ1n) is 6.60. The van der Waals surface area contributed by atoms with Gasteiger partial charge in [-0.2, -0.15) is 0 Å². The highest BCUT2D eigenvalue weighted by Crippen LogP contribution is 2.20. The van der Waals surface area contributed by atoms with Crippen molar-refractivity contribution in [2.75, 3.05) is 19.6 Å². The van der Waals surface area contributed by atoms with Gasteiger partial charge in [0, 0.05) is 18.5 Å². The molecule has 0 aliphatic rings. The number of hydrogen-bond donors (Lipinski definition) is 0. The van der Waals surface area contributed by atoms with Gasteiger partial charge < -0.3 is 4.90 Å². The average molecular weight is 227 g/mol. The topological polar surface area (TPSA) is 20.3 Å². The van der Waals surface area contributed by atoms with Crippen molar-refractivity contribution in [2.45, 2.75) is 54.4 Å². The van der Waals surface area contributed by atoms with E-state index in [0.29, 0.717) is 0 Å². The van der Waals surface area contributed by atoms with Crippen LogP contribution in [-0.4, -0.2) is 30.3 Å². The number of hydrogen-bond acceptors (Lipinski definition) is 2. The minimum Gasteiger partial charge on any atom is -0.302 e. The van der Waals surface area contributed by atoms with Gasteiger partial charge in [0.25, 0.3) is 0 Å². The molecule has 0 amide bonds. The highest BCUT2D eigenvalue weighted by atomic mass is 16.1. The number of carbonyl (C=O) groups is 1. The Labute approximate surface area is 101 Å². The molecule has 2 heteroatoms. The standard InChI is InChI=1S/C14H29NO/c1-7-13(8-2)10-15(9-3)11-14(5,6)12(4)16/h13H,7-11H2,1-6H3. The van der Waals surface area contributed by atoms with Crippen molar-refractivity contribution in [2.24, 2.45) is 11.3 Å². The Hall–Kier alpha value is -0.370. The highest BCUT2D eigenvalue weighted by molar-refractivity contribution is 5.81. The molecule has 0 fully saturated rings. The molecule has 0 aliphatic carbocycles. The summed E-state index contributed by atoms with van der Waals surface area (Å²) < 4.78 is 0. The minimum atomic E-state index is -0.206. The Kier molecular flexibility index (Phi) is 6.89. The maximum atomic E-state index is 11.5. The summed E-state index contributed by atoms with van der Waals surface area (Å²) in [5.74, 6) is 1.05. The van der Waals surface area contributed by atoms with Gasteiger partial charge in [-0.3, -0.25) is 4.79 Å².